The minimum atomic E-state index is 0.672. The smallest absolute Gasteiger partial charge is 0.226 e. The van der Waals surface area contributed by atoms with E-state index in [9.17, 15) is 0 Å². The third-order valence-corrected chi connectivity index (χ3v) is 4.37. The second-order valence-electron chi connectivity index (χ2n) is 4.55. The quantitative estimate of drug-likeness (QED) is 0.701. The Hall–Kier alpha value is -1.66. The number of aromatic nitrogens is 2. The SMILES string of the molecule is CCNc1nc(NCc2ccc(Br)cc2)c2ccsc2n1. The third-order valence-electron chi connectivity index (χ3n) is 3.03. The molecule has 2 aromatic heterocycles. The molecule has 0 unspecified atom stereocenters. The lowest BCUT2D eigenvalue weighted by Crippen LogP contribution is -2.06. The van der Waals surface area contributed by atoms with Crippen molar-refractivity contribution >= 4 is 49.2 Å². The summed E-state index contributed by atoms with van der Waals surface area (Å²) in [6.07, 6.45) is 0. The van der Waals surface area contributed by atoms with Gasteiger partial charge in [-0.15, -0.1) is 11.3 Å². The van der Waals surface area contributed by atoms with E-state index in [4.69, 9.17) is 0 Å². The molecule has 1 aromatic carbocycles. The lowest BCUT2D eigenvalue weighted by molar-refractivity contribution is 1.08. The van der Waals surface area contributed by atoms with Gasteiger partial charge in [-0.1, -0.05) is 28.1 Å². The van der Waals surface area contributed by atoms with Gasteiger partial charge < -0.3 is 10.6 Å². The molecule has 108 valence electrons. The standard InChI is InChI=1S/C15H15BrN4S/c1-2-17-15-19-13(12-7-8-21-14(12)20-15)18-9-10-3-5-11(16)6-4-10/h3-8H,2,9H2,1H3,(H2,17,18,19,20). The van der Waals surface area contributed by atoms with Gasteiger partial charge in [0.1, 0.15) is 10.6 Å². The van der Waals surface area contributed by atoms with Gasteiger partial charge >= 0.3 is 0 Å². The third kappa shape index (κ3) is 3.33. The van der Waals surface area contributed by atoms with E-state index in [1.165, 1.54) is 5.56 Å². The van der Waals surface area contributed by atoms with Gasteiger partial charge in [0.15, 0.2) is 0 Å². The molecular formula is C15H15BrN4S. The summed E-state index contributed by atoms with van der Waals surface area (Å²) >= 11 is 5.08. The monoisotopic (exact) mass is 362 g/mol. The van der Waals surface area contributed by atoms with Crippen molar-refractivity contribution in [3.63, 3.8) is 0 Å². The average molecular weight is 363 g/mol. The Balaban J connectivity index is 1.84. The van der Waals surface area contributed by atoms with Gasteiger partial charge in [-0.3, -0.25) is 0 Å². The fourth-order valence-corrected chi connectivity index (χ4v) is 3.04. The number of hydrogen-bond acceptors (Lipinski definition) is 5. The molecule has 0 amide bonds. The number of thiophene rings is 1. The number of fused-ring (bicyclic) bond motifs is 1. The van der Waals surface area contributed by atoms with Crippen LogP contribution < -0.4 is 10.6 Å². The average Bonchev–Trinajstić information content (AvgIpc) is 2.95. The Kier molecular flexibility index (Phi) is 4.36. The molecule has 0 aliphatic rings. The molecule has 21 heavy (non-hydrogen) atoms. The summed E-state index contributed by atoms with van der Waals surface area (Å²) in [5, 5.41) is 9.69. The van der Waals surface area contributed by atoms with Gasteiger partial charge in [0.25, 0.3) is 0 Å². The molecule has 6 heteroatoms. The predicted molar refractivity (Wildman–Crippen MR) is 93.0 cm³/mol. The Morgan fingerprint density at radius 2 is 1.90 bits per heavy atom. The number of nitrogens with zero attached hydrogens (tertiary/aromatic N) is 2. The first kappa shape index (κ1) is 14.3. The summed E-state index contributed by atoms with van der Waals surface area (Å²) in [6, 6.07) is 10.3. The van der Waals surface area contributed by atoms with Crippen LogP contribution in [0.5, 0.6) is 0 Å². The molecule has 0 aliphatic carbocycles. The number of anilines is 2. The van der Waals surface area contributed by atoms with Gasteiger partial charge in [0, 0.05) is 17.6 Å². The van der Waals surface area contributed by atoms with Crippen molar-refractivity contribution < 1.29 is 0 Å². The van der Waals surface area contributed by atoms with Crippen LogP contribution >= 0.6 is 27.3 Å². The van der Waals surface area contributed by atoms with Crippen LogP contribution in [0.15, 0.2) is 40.2 Å². The Morgan fingerprint density at radius 1 is 1.10 bits per heavy atom. The van der Waals surface area contributed by atoms with Crippen LogP contribution in [0.4, 0.5) is 11.8 Å². The fourth-order valence-electron chi connectivity index (χ4n) is 2.02. The Bertz CT molecular complexity index is 739. The van der Waals surface area contributed by atoms with Crippen LogP contribution in [0.2, 0.25) is 0 Å². The zero-order chi connectivity index (χ0) is 14.7. The summed E-state index contributed by atoms with van der Waals surface area (Å²) < 4.78 is 1.09. The highest BCUT2D eigenvalue weighted by molar-refractivity contribution is 9.10. The van der Waals surface area contributed by atoms with Gasteiger partial charge in [0.05, 0.1) is 5.39 Å². The molecule has 0 fully saturated rings. The number of benzene rings is 1. The van der Waals surface area contributed by atoms with Crippen LogP contribution in [0, 0.1) is 0 Å². The van der Waals surface area contributed by atoms with E-state index in [2.05, 4.69) is 54.7 Å². The first-order chi connectivity index (χ1) is 10.3. The maximum absolute atomic E-state index is 4.56. The predicted octanol–water partition coefficient (Wildman–Crippen LogP) is 4.50. The van der Waals surface area contributed by atoms with Crippen LogP contribution in [-0.2, 0) is 6.54 Å². The van der Waals surface area contributed by atoms with Crippen LogP contribution in [0.25, 0.3) is 10.2 Å². The first-order valence-corrected chi connectivity index (χ1v) is 8.41. The number of rotatable bonds is 5. The fraction of sp³-hybridized carbons (Fsp3) is 0.200. The maximum Gasteiger partial charge on any atom is 0.226 e. The molecule has 0 saturated heterocycles. The lowest BCUT2D eigenvalue weighted by Gasteiger charge is -2.09. The van der Waals surface area contributed by atoms with Crippen molar-refractivity contribution in [1.82, 2.24) is 9.97 Å². The van der Waals surface area contributed by atoms with E-state index < -0.39 is 0 Å². The normalized spacial score (nSPS) is 10.8. The van der Waals surface area contributed by atoms with Crippen molar-refractivity contribution in [2.45, 2.75) is 13.5 Å². The molecule has 0 bridgehead atoms. The van der Waals surface area contributed by atoms with Crippen molar-refractivity contribution in [2.75, 3.05) is 17.2 Å². The summed E-state index contributed by atoms with van der Waals surface area (Å²) in [5.41, 5.74) is 1.21. The van der Waals surface area contributed by atoms with Crippen molar-refractivity contribution in [2.24, 2.45) is 0 Å². The van der Waals surface area contributed by atoms with E-state index in [0.29, 0.717) is 5.95 Å². The molecule has 2 heterocycles. The second kappa shape index (κ2) is 6.41. The van der Waals surface area contributed by atoms with Crippen molar-refractivity contribution in [3.05, 3.63) is 45.7 Å². The summed E-state index contributed by atoms with van der Waals surface area (Å²) in [4.78, 5) is 10.1. The largest absolute Gasteiger partial charge is 0.365 e. The molecule has 3 aromatic rings. The molecule has 0 saturated carbocycles. The maximum atomic E-state index is 4.56. The van der Waals surface area contributed by atoms with Gasteiger partial charge in [-0.2, -0.15) is 4.98 Å². The van der Waals surface area contributed by atoms with E-state index in [-0.39, 0.29) is 0 Å². The Labute approximate surface area is 135 Å². The summed E-state index contributed by atoms with van der Waals surface area (Å²) in [7, 11) is 0. The zero-order valence-electron chi connectivity index (χ0n) is 11.6. The number of halogens is 1. The van der Waals surface area contributed by atoms with E-state index in [0.717, 1.165) is 33.6 Å². The summed E-state index contributed by atoms with van der Waals surface area (Å²) in [6.45, 7) is 3.58. The first-order valence-electron chi connectivity index (χ1n) is 6.73. The van der Waals surface area contributed by atoms with Crippen LogP contribution in [0.1, 0.15) is 12.5 Å². The van der Waals surface area contributed by atoms with Gasteiger partial charge in [-0.25, -0.2) is 4.98 Å². The Morgan fingerprint density at radius 3 is 2.67 bits per heavy atom. The molecule has 0 radical (unpaired) electrons. The topological polar surface area (TPSA) is 49.8 Å². The number of hydrogen-bond donors (Lipinski definition) is 2. The molecule has 0 spiro atoms. The second-order valence-corrected chi connectivity index (χ2v) is 6.36. The molecular weight excluding hydrogens is 348 g/mol. The molecule has 4 nitrogen and oxygen atoms in total. The minimum Gasteiger partial charge on any atom is -0.365 e. The number of nitrogens with one attached hydrogen (secondary N) is 2. The highest BCUT2D eigenvalue weighted by Gasteiger charge is 2.08. The van der Waals surface area contributed by atoms with Gasteiger partial charge in [0.2, 0.25) is 5.95 Å². The van der Waals surface area contributed by atoms with Crippen LogP contribution in [0.3, 0.4) is 0 Å². The zero-order valence-corrected chi connectivity index (χ0v) is 14.0. The van der Waals surface area contributed by atoms with E-state index >= 15 is 0 Å². The molecule has 3 rings (SSSR count). The molecule has 0 aliphatic heterocycles. The summed E-state index contributed by atoms with van der Waals surface area (Å²) in [5.74, 6) is 1.55. The molecule has 0 atom stereocenters. The van der Waals surface area contributed by atoms with E-state index in [1.807, 2.05) is 24.4 Å². The minimum absolute atomic E-state index is 0.672. The highest BCUT2D eigenvalue weighted by Crippen LogP contribution is 2.26. The van der Waals surface area contributed by atoms with Crippen LogP contribution in [-0.4, -0.2) is 16.5 Å². The van der Waals surface area contributed by atoms with Crippen molar-refractivity contribution in [3.8, 4) is 0 Å². The highest BCUT2D eigenvalue weighted by atomic mass is 79.9. The van der Waals surface area contributed by atoms with Crippen molar-refractivity contribution in [1.29, 1.82) is 0 Å². The lowest BCUT2D eigenvalue weighted by atomic mass is 10.2. The molecule has 2 N–H and O–H groups in total. The van der Waals surface area contributed by atoms with E-state index in [1.54, 1.807) is 11.3 Å². The van der Waals surface area contributed by atoms with Gasteiger partial charge in [-0.05, 0) is 36.1 Å².